The van der Waals surface area contributed by atoms with Gasteiger partial charge in [0, 0.05) is 25.3 Å². The van der Waals surface area contributed by atoms with Crippen molar-refractivity contribution >= 4 is 0 Å². The number of aryl methyl sites for hydroxylation is 2. The van der Waals surface area contributed by atoms with Gasteiger partial charge in [0.15, 0.2) is 0 Å². The van der Waals surface area contributed by atoms with Gasteiger partial charge in [0.25, 0.3) is 0 Å². The summed E-state index contributed by atoms with van der Waals surface area (Å²) in [5, 5.41) is 7.86. The number of benzene rings is 1. The van der Waals surface area contributed by atoms with Crippen LogP contribution in [0.4, 0.5) is 0 Å². The van der Waals surface area contributed by atoms with Crippen LogP contribution in [0, 0.1) is 6.92 Å². The van der Waals surface area contributed by atoms with Crippen molar-refractivity contribution < 1.29 is 0 Å². The summed E-state index contributed by atoms with van der Waals surface area (Å²) in [7, 11) is 0. The molecule has 3 heteroatoms. The highest BCUT2D eigenvalue weighted by Crippen LogP contribution is 2.10. The van der Waals surface area contributed by atoms with Gasteiger partial charge in [0.2, 0.25) is 0 Å². The summed E-state index contributed by atoms with van der Waals surface area (Å²) in [4.78, 5) is 0. The van der Waals surface area contributed by atoms with E-state index in [1.165, 1.54) is 16.8 Å². The molecule has 0 aliphatic heterocycles. The van der Waals surface area contributed by atoms with Crippen LogP contribution in [0.15, 0.2) is 36.5 Å². The van der Waals surface area contributed by atoms with Crippen LogP contribution < -0.4 is 5.32 Å². The summed E-state index contributed by atoms with van der Waals surface area (Å²) < 4.78 is 2.04. The second-order valence-electron chi connectivity index (χ2n) is 5.05. The van der Waals surface area contributed by atoms with Crippen molar-refractivity contribution in [3.05, 3.63) is 53.3 Å². The van der Waals surface area contributed by atoms with E-state index in [1.807, 2.05) is 10.9 Å². The molecular formula is C16H23N3. The Morgan fingerprint density at radius 3 is 2.79 bits per heavy atom. The molecule has 3 nitrogen and oxygen atoms in total. The Balaban J connectivity index is 1.88. The number of hydrogen-bond donors (Lipinski definition) is 1. The Bertz CT molecular complexity index is 516. The minimum absolute atomic E-state index is 0.460. The fourth-order valence-electron chi connectivity index (χ4n) is 2.31. The van der Waals surface area contributed by atoms with Crippen molar-refractivity contribution in [2.24, 2.45) is 0 Å². The van der Waals surface area contributed by atoms with E-state index in [4.69, 9.17) is 0 Å². The molecule has 1 heterocycles. The molecule has 19 heavy (non-hydrogen) atoms. The third-order valence-electron chi connectivity index (χ3n) is 3.52. The predicted molar refractivity (Wildman–Crippen MR) is 79.1 cm³/mol. The Morgan fingerprint density at radius 1 is 1.26 bits per heavy atom. The highest BCUT2D eigenvalue weighted by atomic mass is 15.3. The molecule has 1 aromatic carbocycles. The van der Waals surface area contributed by atoms with Crippen LogP contribution in [0.1, 0.15) is 30.7 Å². The monoisotopic (exact) mass is 257 g/mol. The number of aromatic nitrogens is 2. The maximum Gasteiger partial charge on any atom is 0.0522 e. The van der Waals surface area contributed by atoms with Crippen molar-refractivity contribution in [2.75, 3.05) is 0 Å². The van der Waals surface area contributed by atoms with Crippen LogP contribution in [0.3, 0.4) is 0 Å². The molecule has 0 fully saturated rings. The number of hydrogen-bond acceptors (Lipinski definition) is 2. The van der Waals surface area contributed by atoms with Crippen LogP contribution in [-0.4, -0.2) is 15.8 Å². The lowest BCUT2D eigenvalue weighted by atomic mass is 10.0. The first-order valence-corrected chi connectivity index (χ1v) is 6.99. The molecule has 0 bridgehead atoms. The topological polar surface area (TPSA) is 29.9 Å². The van der Waals surface area contributed by atoms with Crippen LogP contribution in [0.2, 0.25) is 0 Å². The molecule has 0 spiro atoms. The van der Waals surface area contributed by atoms with Crippen molar-refractivity contribution in [1.82, 2.24) is 15.1 Å². The van der Waals surface area contributed by atoms with Crippen LogP contribution >= 0.6 is 0 Å². The van der Waals surface area contributed by atoms with Gasteiger partial charge in [-0.25, -0.2) is 0 Å². The molecule has 1 unspecified atom stereocenters. The summed E-state index contributed by atoms with van der Waals surface area (Å²) in [5.74, 6) is 0. The number of nitrogens with zero attached hydrogens (tertiary/aromatic N) is 2. The van der Waals surface area contributed by atoms with Gasteiger partial charge in [-0.05, 0) is 44.4 Å². The molecule has 0 amide bonds. The van der Waals surface area contributed by atoms with Crippen molar-refractivity contribution in [1.29, 1.82) is 0 Å². The maximum absolute atomic E-state index is 4.29. The highest BCUT2D eigenvalue weighted by molar-refractivity contribution is 5.26. The minimum Gasteiger partial charge on any atom is -0.308 e. The van der Waals surface area contributed by atoms with Gasteiger partial charge < -0.3 is 5.32 Å². The van der Waals surface area contributed by atoms with E-state index in [9.17, 15) is 0 Å². The molecule has 0 aliphatic rings. The molecular weight excluding hydrogens is 234 g/mol. The van der Waals surface area contributed by atoms with Gasteiger partial charge in [-0.2, -0.15) is 5.10 Å². The summed E-state index contributed by atoms with van der Waals surface area (Å²) in [6.07, 6.45) is 2.93. The lowest BCUT2D eigenvalue weighted by Gasteiger charge is -2.15. The zero-order valence-electron chi connectivity index (χ0n) is 12.1. The van der Waals surface area contributed by atoms with E-state index in [0.29, 0.717) is 6.04 Å². The first-order chi connectivity index (χ1) is 9.20. The molecule has 0 radical (unpaired) electrons. The third kappa shape index (κ3) is 3.67. The average molecular weight is 257 g/mol. The van der Waals surface area contributed by atoms with E-state index in [1.54, 1.807) is 0 Å². The largest absolute Gasteiger partial charge is 0.308 e. The SMILES string of the molecule is CCn1nccc1CNC(C)Cc1ccccc1C. The summed E-state index contributed by atoms with van der Waals surface area (Å²) in [6, 6.07) is 11.1. The van der Waals surface area contributed by atoms with E-state index in [2.05, 4.69) is 61.5 Å². The van der Waals surface area contributed by atoms with Crippen molar-refractivity contribution in [2.45, 2.75) is 46.3 Å². The summed E-state index contributed by atoms with van der Waals surface area (Å²) >= 11 is 0. The van der Waals surface area contributed by atoms with Gasteiger partial charge in [-0.1, -0.05) is 24.3 Å². The molecule has 1 atom stereocenters. The van der Waals surface area contributed by atoms with Gasteiger partial charge in [-0.15, -0.1) is 0 Å². The Morgan fingerprint density at radius 2 is 2.05 bits per heavy atom. The molecule has 102 valence electrons. The van der Waals surface area contributed by atoms with Gasteiger partial charge >= 0.3 is 0 Å². The van der Waals surface area contributed by atoms with Crippen LogP contribution in [0.5, 0.6) is 0 Å². The smallest absolute Gasteiger partial charge is 0.0522 e. The maximum atomic E-state index is 4.29. The van der Waals surface area contributed by atoms with Gasteiger partial charge in [0.1, 0.15) is 0 Å². The molecule has 2 rings (SSSR count). The highest BCUT2D eigenvalue weighted by Gasteiger charge is 2.07. The Labute approximate surface area is 115 Å². The molecule has 0 saturated carbocycles. The van der Waals surface area contributed by atoms with E-state index < -0.39 is 0 Å². The Hall–Kier alpha value is -1.61. The van der Waals surface area contributed by atoms with Gasteiger partial charge in [-0.3, -0.25) is 4.68 Å². The first kappa shape index (κ1) is 13.8. The van der Waals surface area contributed by atoms with Crippen molar-refractivity contribution in [3.8, 4) is 0 Å². The third-order valence-corrected chi connectivity index (χ3v) is 3.52. The molecule has 2 aromatic rings. The lowest BCUT2D eigenvalue weighted by molar-refractivity contribution is 0.513. The molecule has 0 aliphatic carbocycles. The van der Waals surface area contributed by atoms with E-state index in [-0.39, 0.29) is 0 Å². The second-order valence-corrected chi connectivity index (χ2v) is 5.05. The standard InChI is InChI=1S/C16H23N3/c1-4-19-16(9-10-18-19)12-17-14(3)11-15-8-6-5-7-13(15)2/h5-10,14,17H,4,11-12H2,1-3H3. The fourth-order valence-corrected chi connectivity index (χ4v) is 2.31. The zero-order valence-corrected chi connectivity index (χ0v) is 12.1. The van der Waals surface area contributed by atoms with Crippen LogP contribution in [-0.2, 0) is 19.5 Å². The lowest BCUT2D eigenvalue weighted by Crippen LogP contribution is -2.28. The predicted octanol–water partition coefficient (Wildman–Crippen LogP) is 2.93. The van der Waals surface area contributed by atoms with E-state index in [0.717, 1.165) is 19.5 Å². The molecule has 1 aromatic heterocycles. The Kier molecular flexibility index (Phi) is 4.74. The number of rotatable bonds is 6. The summed E-state index contributed by atoms with van der Waals surface area (Å²) in [5.41, 5.74) is 4.04. The van der Waals surface area contributed by atoms with Gasteiger partial charge in [0.05, 0.1) is 5.69 Å². The minimum atomic E-state index is 0.460. The molecule has 1 N–H and O–H groups in total. The fraction of sp³-hybridized carbons (Fsp3) is 0.438. The quantitative estimate of drug-likeness (QED) is 0.862. The zero-order chi connectivity index (χ0) is 13.7. The summed E-state index contributed by atoms with van der Waals surface area (Å²) in [6.45, 7) is 8.33. The second kappa shape index (κ2) is 6.53. The van der Waals surface area contributed by atoms with Crippen LogP contribution in [0.25, 0.3) is 0 Å². The molecule has 0 saturated heterocycles. The van der Waals surface area contributed by atoms with Crippen molar-refractivity contribution in [3.63, 3.8) is 0 Å². The first-order valence-electron chi connectivity index (χ1n) is 6.99. The van der Waals surface area contributed by atoms with E-state index >= 15 is 0 Å². The normalized spacial score (nSPS) is 12.6. The average Bonchev–Trinajstić information content (AvgIpc) is 2.86. The number of nitrogens with one attached hydrogen (secondary N) is 1.